The first-order chi connectivity index (χ1) is 15.6. The maximum Gasteiger partial charge on any atom is 0.258 e. The first kappa shape index (κ1) is 22.1. The number of nitrogens with zero attached hydrogens (tertiary/aromatic N) is 1. The van der Waals surface area contributed by atoms with Gasteiger partial charge in [0.15, 0.2) is 0 Å². The first-order valence-corrected chi connectivity index (χ1v) is 11.5. The van der Waals surface area contributed by atoms with E-state index in [1.807, 2.05) is 42.5 Å². The highest BCUT2D eigenvalue weighted by Crippen LogP contribution is 2.38. The third kappa shape index (κ3) is 4.87. The van der Waals surface area contributed by atoms with Gasteiger partial charge in [-0.25, -0.2) is 0 Å². The molecule has 0 aromatic heterocycles. The molecule has 5 heteroatoms. The van der Waals surface area contributed by atoms with E-state index in [9.17, 15) is 4.79 Å². The summed E-state index contributed by atoms with van der Waals surface area (Å²) in [6, 6.07) is 23.9. The first-order valence-electron chi connectivity index (χ1n) is 11.1. The number of amides is 1. The lowest BCUT2D eigenvalue weighted by molar-refractivity contribution is -0.110. The van der Waals surface area contributed by atoms with Crippen LogP contribution in [-0.2, 0) is 11.2 Å². The van der Waals surface area contributed by atoms with Crippen molar-refractivity contribution in [2.75, 3.05) is 30.3 Å². The van der Waals surface area contributed by atoms with E-state index >= 15 is 0 Å². The normalized spacial score (nSPS) is 14.3. The predicted octanol–water partition coefficient (Wildman–Crippen LogP) is 6.16. The van der Waals surface area contributed by atoms with Crippen LogP contribution in [0.25, 0.3) is 11.3 Å². The molecule has 1 amide bonds. The third-order valence-corrected chi connectivity index (χ3v) is 6.11. The van der Waals surface area contributed by atoms with E-state index in [1.54, 1.807) is 6.07 Å². The Balaban J connectivity index is 1.66. The number of halogens is 1. The molecule has 32 heavy (non-hydrogen) atoms. The third-order valence-electron chi connectivity index (χ3n) is 5.87. The second kappa shape index (κ2) is 10.0. The van der Waals surface area contributed by atoms with Gasteiger partial charge in [0.05, 0.1) is 17.0 Å². The van der Waals surface area contributed by atoms with Gasteiger partial charge in [-0.15, -0.1) is 0 Å². The van der Waals surface area contributed by atoms with Crippen molar-refractivity contribution < 1.29 is 4.79 Å². The summed E-state index contributed by atoms with van der Waals surface area (Å²) < 4.78 is 0. The highest BCUT2D eigenvalue weighted by atomic mass is 35.5. The van der Waals surface area contributed by atoms with Crippen molar-refractivity contribution in [3.05, 3.63) is 94.5 Å². The van der Waals surface area contributed by atoms with E-state index in [0.29, 0.717) is 10.6 Å². The van der Waals surface area contributed by atoms with Crippen LogP contribution in [0.4, 0.5) is 11.4 Å². The van der Waals surface area contributed by atoms with Crippen molar-refractivity contribution >= 4 is 40.2 Å². The number of hydrogen-bond donors (Lipinski definition) is 2. The van der Waals surface area contributed by atoms with Crippen LogP contribution in [0.3, 0.4) is 0 Å². The number of likely N-dealkylation sites (N-methyl/N-ethyl adjacent to an activating group) is 1. The number of carbonyl (C=O) groups is 1. The second-order valence-electron chi connectivity index (χ2n) is 7.86. The van der Waals surface area contributed by atoms with Crippen molar-refractivity contribution in [3.63, 3.8) is 0 Å². The van der Waals surface area contributed by atoms with Gasteiger partial charge in [-0.3, -0.25) is 4.79 Å². The number of nitrogens with one attached hydrogen (secondary N) is 2. The van der Waals surface area contributed by atoms with Crippen LogP contribution in [0.5, 0.6) is 0 Å². The van der Waals surface area contributed by atoms with E-state index < -0.39 is 0 Å². The van der Waals surface area contributed by atoms with Crippen molar-refractivity contribution in [1.29, 1.82) is 0 Å². The van der Waals surface area contributed by atoms with Gasteiger partial charge < -0.3 is 15.5 Å². The molecule has 2 N–H and O–H groups in total. The molecule has 1 aliphatic heterocycles. The van der Waals surface area contributed by atoms with Gasteiger partial charge in [0, 0.05) is 22.8 Å². The maximum atomic E-state index is 13.0. The lowest BCUT2D eigenvalue weighted by Crippen LogP contribution is -2.25. The highest BCUT2D eigenvalue weighted by Gasteiger charge is 2.28. The number of hydrogen-bond acceptors (Lipinski definition) is 3. The fourth-order valence-corrected chi connectivity index (χ4v) is 4.18. The quantitative estimate of drug-likeness (QED) is 0.408. The smallest absolute Gasteiger partial charge is 0.258 e. The fraction of sp³-hybridized carbons (Fsp3) is 0.222. The number of anilines is 2. The Morgan fingerprint density at radius 1 is 0.969 bits per heavy atom. The maximum absolute atomic E-state index is 13.0. The van der Waals surface area contributed by atoms with Crippen molar-refractivity contribution in [3.8, 4) is 0 Å². The molecule has 0 spiro atoms. The van der Waals surface area contributed by atoms with E-state index in [1.165, 1.54) is 5.56 Å². The van der Waals surface area contributed by atoms with Crippen LogP contribution in [0.15, 0.2) is 72.8 Å². The predicted molar refractivity (Wildman–Crippen MR) is 135 cm³/mol. The van der Waals surface area contributed by atoms with Gasteiger partial charge in [0.25, 0.3) is 5.91 Å². The summed E-state index contributed by atoms with van der Waals surface area (Å²) in [4.78, 5) is 15.4. The Kier molecular flexibility index (Phi) is 6.93. The van der Waals surface area contributed by atoms with Crippen molar-refractivity contribution in [2.24, 2.45) is 0 Å². The summed E-state index contributed by atoms with van der Waals surface area (Å²) in [6.07, 6.45) is 1.02. The summed E-state index contributed by atoms with van der Waals surface area (Å²) in [7, 11) is 0. The summed E-state index contributed by atoms with van der Waals surface area (Å²) in [5.41, 5.74) is 6.17. The summed E-state index contributed by atoms with van der Waals surface area (Å²) in [5, 5.41) is 7.06. The molecular formula is C27H28ClN3O. The molecular weight excluding hydrogens is 418 g/mol. The van der Waals surface area contributed by atoms with E-state index in [4.69, 9.17) is 11.6 Å². The largest absolute Gasteiger partial charge is 0.354 e. The van der Waals surface area contributed by atoms with Crippen LogP contribution < -0.4 is 10.6 Å². The van der Waals surface area contributed by atoms with Gasteiger partial charge in [-0.2, -0.15) is 0 Å². The summed E-state index contributed by atoms with van der Waals surface area (Å²) in [6.45, 7) is 7.58. The molecule has 0 saturated heterocycles. The molecule has 1 heterocycles. The molecule has 3 aromatic rings. The molecule has 0 fully saturated rings. The zero-order valence-corrected chi connectivity index (χ0v) is 19.2. The number of carbonyl (C=O) groups excluding carboxylic acids is 1. The zero-order valence-electron chi connectivity index (χ0n) is 18.5. The molecule has 0 atom stereocenters. The molecule has 0 aliphatic carbocycles. The van der Waals surface area contributed by atoms with Crippen LogP contribution in [0, 0.1) is 0 Å². The van der Waals surface area contributed by atoms with Crippen molar-refractivity contribution in [1.82, 2.24) is 4.90 Å². The SMILES string of the molecule is CCN(CC)CCc1ccc(N/C(=C2\C(=O)Nc3cc(Cl)ccc32)c2ccccc2)cc1. The van der Waals surface area contributed by atoms with Gasteiger partial charge in [-0.05, 0) is 54.9 Å². The molecule has 0 saturated carbocycles. The van der Waals surface area contributed by atoms with Crippen LogP contribution in [-0.4, -0.2) is 30.4 Å². The molecule has 3 aromatic carbocycles. The van der Waals surface area contributed by atoms with Gasteiger partial charge in [0.2, 0.25) is 0 Å². The minimum atomic E-state index is -0.135. The van der Waals surface area contributed by atoms with Gasteiger partial charge in [-0.1, -0.05) is 74.0 Å². The van der Waals surface area contributed by atoms with Gasteiger partial charge in [0.1, 0.15) is 0 Å². The average molecular weight is 446 g/mol. The molecule has 4 nitrogen and oxygen atoms in total. The zero-order chi connectivity index (χ0) is 22.5. The Bertz CT molecular complexity index is 1120. The molecule has 0 bridgehead atoms. The lowest BCUT2D eigenvalue weighted by Gasteiger charge is -2.18. The summed E-state index contributed by atoms with van der Waals surface area (Å²) in [5.74, 6) is -0.135. The summed E-state index contributed by atoms with van der Waals surface area (Å²) >= 11 is 6.14. The number of rotatable bonds is 8. The molecule has 0 radical (unpaired) electrons. The minimum absolute atomic E-state index is 0.135. The standard InChI is InChI=1S/C27H28ClN3O/c1-3-31(4-2)17-16-19-10-13-22(14-11-19)29-26(20-8-6-5-7-9-20)25-23-15-12-21(28)18-24(23)30-27(25)32/h5-15,18,29H,3-4,16-17H2,1-2H3,(H,30,32)/b26-25-. The van der Waals surface area contributed by atoms with Gasteiger partial charge >= 0.3 is 0 Å². The second-order valence-corrected chi connectivity index (χ2v) is 8.30. The van der Waals surface area contributed by atoms with Crippen LogP contribution in [0.1, 0.15) is 30.5 Å². The molecule has 1 aliphatic rings. The molecule has 4 rings (SSSR count). The molecule has 0 unspecified atom stereocenters. The Morgan fingerprint density at radius 2 is 1.69 bits per heavy atom. The Morgan fingerprint density at radius 3 is 2.38 bits per heavy atom. The average Bonchev–Trinajstić information content (AvgIpc) is 3.14. The number of fused-ring (bicyclic) bond motifs is 1. The topological polar surface area (TPSA) is 44.4 Å². The van der Waals surface area contributed by atoms with Crippen LogP contribution >= 0.6 is 11.6 Å². The minimum Gasteiger partial charge on any atom is -0.354 e. The number of benzene rings is 3. The van der Waals surface area contributed by atoms with E-state index in [-0.39, 0.29) is 5.91 Å². The Labute approximate surface area is 194 Å². The fourth-order valence-electron chi connectivity index (χ4n) is 4.00. The monoisotopic (exact) mass is 445 g/mol. The highest BCUT2D eigenvalue weighted by molar-refractivity contribution is 6.38. The van der Waals surface area contributed by atoms with E-state index in [2.05, 4.69) is 53.6 Å². The Hall–Kier alpha value is -3.08. The lowest BCUT2D eigenvalue weighted by atomic mass is 10.00. The molecule has 164 valence electrons. The van der Waals surface area contributed by atoms with Crippen LogP contribution in [0.2, 0.25) is 5.02 Å². The van der Waals surface area contributed by atoms with Crippen molar-refractivity contribution in [2.45, 2.75) is 20.3 Å². The van der Waals surface area contributed by atoms with E-state index in [0.717, 1.165) is 54.3 Å².